The molecule has 0 saturated carbocycles. The number of rotatable bonds is 0. The Kier molecular flexibility index (Phi) is 2.62. The molecule has 0 radical (unpaired) electrons. The first-order valence-corrected chi connectivity index (χ1v) is 5.64. The quantitative estimate of drug-likeness (QED) is 0.800. The average Bonchev–Trinajstić information content (AvgIpc) is 2.02. The van der Waals surface area contributed by atoms with E-state index in [2.05, 4.69) is 31.9 Å². The van der Waals surface area contributed by atoms with Gasteiger partial charge in [-0.15, -0.1) is 0 Å². The van der Waals surface area contributed by atoms with Crippen LogP contribution < -0.4 is 10.5 Å². The van der Waals surface area contributed by atoms with Gasteiger partial charge in [0, 0.05) is 27.0 Å². The summed E-state index contributed by atoms with van der Waals surface area (Å²) in [5.41, 5.74) is 7.05. The molecule has 0 unspecified atom stereocenters. The van der Waals surface area contributed by atoms with Crippen LogP contribution in [0.2, 0.25) is 0 Å². The zero-order valence-electron chi connectivity index (χ0n) is 6.89. The molecule has 4 heteroatoms. The van der Waals surface area contributed by atoms with Crippen LogP contribution in [0.25, 0.3) is 0 Å². The zero-order valence-corrected chi connectivity index (χ0v) is 10.1. The Balaban J connectivity index is 2.56. The summed E-state index contributed by atoms with van der Waals surface area (Å²) in [5.74, 6) is 0.889. The summed E-state index contributed by atoms with van der Waals surface area (Å²) in [7, 11) is 0. The Hall–Kier alpha value is -0.0600. The summed E-state index contributed by atoms with van der Waals surface area (Å²) in [6.07, 6.45) is 0.882. The second-order valence-corrected chi connectivity index (χ2v) is 4.81. The maximum absolute atomic E-state index is 5.97. The molecule has 0 aromatic heterocycles. The second kappa shape index (κ2) is 3.59. The van der Waals surface area contributed by atoms with Gasteiger partial charge in [0.1, 0.15) is 5.75 Å². The lowest BCUT2D eigenvalue weighted by Gasteiger charge is -2.24. The van der Waals surface area contributed by atoms with Gasteiger partial charge in [-0.3, -0.25) is 0 Å². The first kappa shape index (κ1) is 9.49. The highest BCUT2D eigenvalue weighted by Gasteiger charge is 2.21. The van der Waals surface area contributed by atoms with Crippen LogP contribution in [0.1, 0.15) is 18.0 Å². The van der Waals surface area contributed by atoms with Gasteiger partial charge in [-0.2, -0.15) is 0 Å². The standard InChI is InChI=1S/C9H9Br2NO/c10-5-3-6(11)9-7(12)1-2-13-8(9)4-5/h3-4,7H,1-2,12H2/t7-/m1/s1. The van der Waals surface area contributed by atoms with Crippen molar-refractivity contribution in [3.63, 3.8) is 0 Å². The Morgan fingerprint density at radius 1 is 1.38 bits per heavy atom. The van der Waals surface area contributed by atoms with Gasteiger partial charge in [0.05, 0.1) is 6.61 Å². The van der Waals surface area contributed by atoms with E-state index in [1.165, 1.54) is 0 Å². The molecule has 1 aliphatic rings. The fourth-order valence-corrected chi connectivity index (χ4v) is 2.96. The van der Waals surface area contributed by atoms with E-state index in [1.54, 1.807) is 0 Å². The van der Waals surface area contributed by atoms with E-state index in [-0.39, 0.29) is 6.04 Å². The lowest BCUT2D eigenvalue weighted by molar-refractivity contribution is 0.268. The van der Waals surface area contributed by atoms with Crippen LogP contribution in [0.5, 0.6) is 5.75 Å². The Bertz CT molecular complexity index is 341. The van der Waals surface area contributed by atoms with Crippen LogP contribution in [-0.2, 0) is 0 Å². The van der Waals surface area contributed by atoms with Crippen molar-refractivity contribution in [3.8, 4) is 5.75 Å². The Labute approximate surface area is 93.7 Å². The van der Waals surface area contributed by atoms with Gasteiger partial charge in [0.25, 0.3) is 0 Å². The number of hydrogen-bond acceptors (Lipinski definition) is 2. The minimum absolute atomic E-state index is 0.0891. The molecule has 1 aromatic rings. The maximum Gasteiger partial charge on any atom is 0.126 e. The molecule has 0 amide bonds. The third-order valence-electron chi connectivity index (χ3n) is 2.11. The van der Waals surface area contributed by atoms with Crippen molar-refractivity contribution in [2.45, 2.75) is 12.5 Å². The predicted octanol–water partition coefficient (Wildman–Crippen LogP) is 2.99. The van der Waals surface area contributed by atoms with E-state index >= 15 is 0 Å². The summed E-state index contributed by atoms with van der Waals surface area (Å²) in [4.78, 5) is 0. The molecule has 70 valence electrons. The summed E-state index contributed by atoms with van der Waals surface area (Å²) < 4.78 is 7.54. The minimum atomic E-state index is 0.0891. The molecule has 1 aromatic carbocycles. The molecule has 2 N–H and O–H groups in total. The van der Waals surface area contributed by atoms with Crippen molar-refractivity contribution < 1.29 is 4.74 Å². The number of benzene rings is 1. The third kappa shape index (κ3) is 1.75. The van der Waals surface area contributed by atoms with Crippen molar-refractivity contribution in [2.24, 2.45) is 5.73 Å². The highest BCUT2D eigenvalue weighted by molar-refractivity contribution is 9.11. The van der Waals surface area contributed by atoms with Crippen molar-refractivity contribution in [3.05, 3.63) is 26.6 Å². The van der Waals surface area contributed by atoms with Crippen LogP contribution in [0.3, 0.4) is 0 Å². The summed E-state index contributed by atoms with van der Waals surface area (Å²) in [6.45, 7) is 0.705. The van der Waals surface area contributed by atoms with Gasteiger partial charge in [-0.25, -0.2) is 0 Å². The topological polar surface area (TPSA) is 35.2 Å². The molecule has 2 nitrogen and oxygen atoms in total. The zero-order chi connectivity index (χ0) is 9.42. The molecule has 1 atom stereocenters. The summed E-state index contributed by atoms with van der Waals surface area (Å²) in [5, 5.41) is 0. The summed E-state index contributed by atoms with van der Waals surface area (Å²) in [6, 6.07) is 4.04. The molecule has 0 bridgehead atoms. The number of nitrogens with two attached hydrogens (primary N) is 1. The van der Waals surface area contributed by atoms with Crippen LogP contribution in [0.15, 0.2) is 21.1 Å². The summed E-state index contributed by atoms with van der Waals surface area (Å²) >= 11 is 6.89. The maximum atomic E-state index is 5.97. The first-order valence-electron chi connectivity index (χ1n) is 4.06. The molecular weight excluding hydrogens is 298 g/mol. The van der Waals surface area contributed by atoms with Crippen LogP contribution in [0, 0.1) is 0 Å². The lowest BCUT2D eigenvalue weighted by atomic mass is 10.0. The monoisotopic (exact) mass is 305 g/mol. The third-order valence-corrected chi connectivity index (χ3v) is 3.23. The van der Waals surface area contributed by atoms with Gasteiger partial charge in [-0.05, 0) is 12.1 Å². The molecule has 0 saturated heterocycles. The fraction of sp³-hybridized carbons (Fsp3) is 0.333. The van der Waals surface area contributed by atoms with E-state index in [0.717, 1.165) is 26.7 Å². The number of hydrogen-bond donors (Lipinski definition) is 1. The Morgan fingerprint density at radius 3 is 2.92 bits per heavy atom. The van der Waals surface area contributed by atoms with Gasteiger partial charge < -0.3 is 10.5 Å². The Morgan fingerprint density at radius 2 is 2.15 bits per heavy atom. The van der Waals surface area contributed by atoms with Gasteiger partial charge in [0.2, 0.25) is 0 Å². The van der Waals surface area contributed by atoms with E-state index in [1.807, 2.05) is 12.1 Å². The molecule has 2 rings (SSSR count). The number of halogens is 2. The first-order chi connectivity index (χ1) is 6.18. The highest BCUT2D eigenvalue weighted by Crippen LogP contribution is 2.38. The van der Waals surface area contributed by atoms with Crippen molar-refractivity contribution in [1.29, 1.82) is 0 Å². The van der Waals surface area contributed by atoms with Crippen LogP contribution in [-0.4, -0.2) is 6.61 Å². The predicted molar refractivity (Wildman–Crippen MR) is 58.9 cm³/mol. The second-order valence-electron chi connectivity index (χ2n) is 3.04. The van der Waals surface area contributed by atoms with Crippen molar-refractivity contribution in [2.75, 3.05) is 6.61 Å². The molecule has 1 aliphatic heterocycles. The van der Waals surface area contributed by atoms with Gasteiger partial charge >= 0.3 is 0 Å². The van der Waals surface area contributed by atoms with Crippen LogP contribution >= 0.6 is 31.9 Å². The lowest BCUT2D eigenvalue weighted by Crippen LogP contribution is -2.21. The van der Waals surface area contributed by atoms with Crippen LogP contribution in [0.4, 0.5) is 0 Å². The van der Waals surface area contributed by atoms with Crippen molar-refractivity contribution >= 4 is 31.9 Å². The number of fused-ring (bicyclic) bond motifs is 1. The van der Waals surface area contributed by atoms with Gasteiger partial charge in [0.15, 0.2) is 0 Å². The molecule has 13 heavy (non-hydrogen) atoms. The normalized spacial score (nSPS) is 20.7. The number of ether oxygens (including phenoxy) is 1. The molecule has 0 spiro atoms. The molecule has 1 heterocycles. The fourth-order valence-electron chi connectivity index (χ4n) is 1.48. The average molecular weight is 307 g/mol. The van der Waals surface area contributed by atoms with E-state index in [4.69, 9.17) is 10.5 Å². The SMILES string of the molecule is N[C@@H]1CCOc2cc(Br)cc(Br)c21. The minimum Gasteiger partial charge on any atom is -0.493 e. The van der Waals surface area contributed by atoms with Crippen molar-refractivity contribution in [1.82, 2.24) is 0 Å². The molecular formula is C9H9Br2NO. The smallest absolute Gasteiger partial charge is 0.126 e. The molecule has 0 aliphatic carbocycles. The molecule has 0 fully saturated rings. The van der Waals surface area contributed by atoms with Gasteiger partial charge in [-0.1, -0.05) is 31.9 Å². The van der Waals surface area contributed by atoms with E-state index < -0.39 is 0 Å². The highest BCUT2D eigenvalue weighted by atomic mass is 79.9. The van der Waals surface area contributed by atoms with E-state index in [0.29, 0.717) is 6.61 Å². The largest absolute Gasteiger partial charge is 0.493 e. The van der Waals surface area contributed by atoms with E-state index in [9.17, 15) is 0 Å².